The van der Waals surface area contributed by atoms with Crippen LogP contribution in [-0.4, -0.2) is 10.2 Å². The van der Waals surface area contributed by atoms with Crippen molar-refractivity contribution in [3.8, 4) is 11.5 Å². The Labute approximate surface area is 107 Å². The lowest BCUT2D eigenvalue weighted by molar-refractivity contribution is 0.507. The van der Waals surface area contributed by atoms with Crippen LogP contribution in [0, 0.1) is 6.92 Å². The highest BCUT2D eigenvalue weighted by Crippen LogP contribution is 2.29. The van der Waals surface area contributed by atoms with Gasteiger partial charge < -0.3 is 4.42 Å². The van der Waals surface area contributed by atoms with Gasteiger partial charge in [-0.15, -0.1) is 21.8 Å². The molecule has 5 heteroatoms. The van der Waals surface area contributed by atoms with Crippen LogP contribution in [0.2, 0.25) is 0 Å². The summed E-state index contributed by atoms with van der Waals surface area (Å²) in [6, 6.07) is 5.84. The van der Waals surface area contributed by atoms with Crippen LogP contribution in [0.25, 0.3) is 11.5 Å². The predicted octanol–water partition coefficient (Wildman–Crippen LogP) is 4.11. The third-order valence-corrected chi connectivity index (χ3v) is 3.32. The van der Waals surface area contributed by atoms with Gasteiger partial charge in [0.2, 0.25) is 11.8 Å². The summed E-state index contributed by atoms with van der Waals surface area (Å²) in [5.74, 6) is 0.942. The van der Waals surface area contributed by atoms with Gasteiger partial charge in [0, 0.05) is 10.0 Å². The van der Waals surface area contributed by atoms with Gasteiger partial charge in [-0.05, 0) is 31.5 Å². The lowest BCUT2D eigenvalue weighted by Crippen LogP contribution is -1.84. The van der Waals surface area contributed by atoms with E-state index in [2.05, 4.69) is 26.1 Å². The maximum Gasteiger partial charge on any atom is 0.248 e. The van der Waals surface area contributed by atoms with E-state index in [-0.39, 0.29) is 5.38 Å². The Balaban J connectivity index is 2.47. The van der Waals surface area contributed by atoms with Gasteiger partial charge in [0.05, 0.1) is 0 Å². The van der Waals surface area contributed by atoms with Gasteiger partial charge in [-0.2, -0.15) is 0 Å². The molecular weight excluding hydrogens is 291 g/mol. The van der Waals surface area contributed by atoms with E-state index >= 15 is 0 Å². The van der Waals surface area contributed by atoms with E-state index in [1.165, 1.54) is 0 Å². The van der Waals surface area contributed by atoms with Crippen LogP contribution < -0.4 is 0 Å². The van der Waals surface area contributed by atoms with E-state index in [9.17, 15) is 0 Å². The second kappa shape index (κ2) is 4.55. The lowest BCUT2D eigenvalue weighted by atomic mass is 10.1. The summed E-state index contributed by atoms with van der Waals surface area (Å²) in [7, 11) is 0. The molecule has 1 unspecified atom stereocenters. The number of alkyl halides is 1. The summed E-state index contributed by atoms with van der Waals surface area (Å²) in [4.78, 5) is 0. The van der Waals surface area contributed by atoms with E-state index in [0.29, 0.717) is 11.8 Å². The fraction of sp³-hybridized carbons (Fsp3) is 0.273. The number of hydrogen-bond donors (Lipinski definition) is 0. The number of rotatable bonds is 2. The van der Waals surface area contributed by atoms with Crippen LogP contribution in [0.1, 0.15) is 23.8 Å². The van der Waals surface area contributed by atoms with Gasteiger partial charge in [-0.25, -0.2) is 0 Å². The lowest BCUT2D eigenvalue weighted by Gasteiger charge is -2.02. The molecular formula is C11H10BrClN2O. The molecule has 1 heterocycles. The van der Waals surface area contributed by atoms with Crippen molar-refractivity contribution in [1.82, 2.24) is 10.2 Å². The zero-order valence-electron chi connectivity index (χ0n) is 8.87. The monoisotopic (exact) mass is 300 g/mol. The SMILES string of the molecule is Cc1c(Br)cccc1-c1nnc(C(C)Cl)o1. The van der Waals surface area contributed by atoms with E-state index in [1.807, 2.05) is 25.1 Å². The van der Waals surface area contributed by atoms with Crippen molar-refractivity contribution in [1.29, 1.82) is 0 Å². The third-order valence-electron chi connectivity index (χ3n) is 2.28. The topological polar surface area (TPSA) is 38.9 Å². The van der Waals surface area contributed by atoms with Crippen molar-refractivity contribution < 1.29 is 4.42 Å². The molecule has 0 radical (unpaired) electrons. The van der Waals surface area contributed by atoms with Crippen molar-refractivity contribution in [3.05, 3.63) is 34.1 Å². The van der Waals surface area contributed by atoms with Crippen molar-refractivity contribution in [3.63, 3.8) is 0 Å². The Morgan fingerprint density at radius 1 is 1.38 bits per heavy atom. The highest BCUT2D eigenvalue weighted by Gasteiger charge is 2.14. The third kappa shape index (κ3) is 2.13. The molecule has 0 aliphatic carbocycles. The number of nitrogens with zero attached hydrogens (tertiary/aromatic N) is 2. The first-order chi connectivity index (χ1) is 7.59. The molecule has 0 aliphatic heterocycles. The molecule has 1 atom stereocenters. The van der Waals surface area contributed by atoms with Crippen LogP contribution >= 0.6 is 27.5 Å². The fourth-order valence-electron chi connectivity index (χ4n) is 1.34. The molecule has 2 rings (SSSR count). The van der Waals surface area contributed by atoms with E-state index < -0.39 is 0 Å². The van der Waals surface area contributed by atoms with Crippen LogP contribution in [-0.2, 0) is 0 Å². The molecule has 16 heavy (non-hydrogen) atoms. The fourth-order valence-corrected chi connectivity index (χ4v) is 1.80. The minimum absolute atomic E-state index is 0.270. The van der Waals surface area contributed by atoms with E-state index in [4.69, 9.17) is 16.0 Å². The first-order valence-corrected chi connectivity index (χ1v) is 6.05. The molecule has 0 bridgehead atoms. The molecule has 0 saturated heterocycles. The molecule has 0 amide bonds. The van der Waals surface area contributed by atoms with Crippen LogP contribution in [0.3, 0.4) is 0 Å². The maximum absolute atomic E-state index is 5.87. The zero-order valence-corrected chi connectivity index (χ0v) is 11.2. The first kappa shape index (κ1) is 11.6. The van der Waals surface area contributed by atoms with Gasteiger partial charge in [0.15, 0.2) is 0 Å². The summed E-state index contributed by atoms with van der Waals surface area (Å²) >= 11 is 9.33. The van der Waals surface area contributed by atoms with Gasteiger partial charge >= 0.3 is 0 Å². The quantitative estimate of drug-likeness (QED) is 0.784. The molecule has 84 valence electrons. The Kier molecular flexibility index (Phi) is 3.30. The van der Waals surface area contributed by atoms with Gasteiger partial charge in [-0.1, -0.05) is 22.0 Å². The smallest absolute Gasteiger partial charge is 0.248 e. The average Bonchev–Trinajstić information content (AvgIpc) is 2.71. The van der Waals surface area contributed by atoms with Gasteiger partial charge in [-0.3, -0.25) is 0 Å². The summed E-state index contributed by atoms with van der Waals surface area (Å²) < 4.78 is 6.51. The van der Waals surface area contributed by atoms with Gasteiger partial charge in [0.25, 0.3) is 0 Å². The normalized spacial score (nSPS) is 12.8. The van der Waals surface area contributed by atoms with Crippen molar-refractivity contribution in [2.75, 3.05) is 0 Å². The maximum atomic E-state index is 5.87. The molecule has 1 aromatic carbocycles. The number of hydrogen-bond acceptors (Lipinski definition) is 3. The Bertz CT molecular complexity index is 510. The van der Waals surface area contributed by atoms with Crippen LogP contribution in [0.4, 0.5) is 0 Å². The predicted molar refractivity (Wildman–Crippen MR) is 66.4 cm³/mol. The van der Waals surface area contributed by atoms with Crippen molar-refractivity contribution in [2.24, 2.45) is 0 Å². The molecule has 0 N–H and O–H groups in total. The molecule has 3 nitrogen and oxygen atoms in total. The molecule has 0 spiro atoms. The highest BCUT2D eigenvalue weighted by molar-refractivity contribution is 9.10. The Morgan fingerprint density at radius 3 is 2.75 bits per heavy atom. The summed E-state index contributed by atoms with van der Waals surface area (Å²) in [5.41, 5.74) is 1.99. The van der Waals surface area contributed by atoms with Crippen molar-refractivity contribution >= 4 is 27.5 Å². The molecule has 0 aliphatic rings. The number of halogens is 2. The molecule has 1 aromatic heterocycles. The molecule has 2 aromatic rings. The van der Waals surface area contributed by atoms with E-state index in [0.717, 1.165) is 15.6 Å². The minimum Gasteiger partial charge on any atom is -0.419 e. The van der Waals surface area contributed by atoms with Crippen LogP contribution in [0.5, 0.6) is 0 Å². The highest BCUT2D eigenvalue weighted by atomic mass is 79.9. The Morgan fingerprint density at radius 2 is 2.12 bits per heavy atom. The summed E-state index contributed by atoms with van der Waals surface area (Å²) in [6.45, 7) is 3.79. The second-order valence-electron chi connectivity index (χ2n) is 3.47. The second-order valence-corrected chi connectivity index (χ2v) is 4.98. The molecule has 0 saturated carbocycles. The Hall–Kier alpha value is -0.870. The van der Waals surface area contributed by atoms with Gasteiger partial charge in [0.1, 0.15) is 5.38 Å². The minimum atomic E-state index is -0.270. The largest absolute Gasteiger partial charge is 0.419 e. The standard InChI is InChI=1S/C11H10BrClN2O/c1-6-8(4-3-5-9(6)12)11-15-14-10(16-11)7(2)13/h3-5,7H,1-2H3. The molecule has 0 fully saturated rings. The average molecular weight is 302 g/mol. The number of aromatic nitrogens is 2. The summed E-state index contributed by atoms with van der Waals surface area (Å²) in [6.07, 6.45) is 0. The first-order valence-electron chi connectivity index (χ1n) is 4.82. The van der Waals surface area contributed by atoms with Crippen LogP contribution in [0.15, 0.2) is 27.1 Å². The van der Waals surface area contributed by atoms with E-state index in [1.54, 1.807) is 6.92 Å². The zero-order chi connectivity index (χ0) is 11.7. The number of benzene rings is 1. The van der Waals surface area contributed by atoms with Crippen molar-refractivity contribution in [2.45, 2.75) is 19.2 Å². The summed E-state index contributed by atoms with van der Waals surface area (Å²) in [5, 5.41) is 7.62.